The van der Waals surface area contributed by atoms with E-state index in [1.807, 2.05) is 0 Å². The van der Waals surface area contributed by atoms with Crippen molar-refractivity contribution in [1.29, 1.82) is 0 Å². The predicted octanol–water partition coefficient (Wildman–Crippen LogP) is 6.82. The van der Waals surface area contributed by atoms with E-state index in [1.165, 1.54) is 96.3 Å². The van der Waals surface area contributed by atoms with Gasteiger partial charge in [0.05, 0.1) is 230 Å². The van der Waals surface area contributed by atoms with E-state index >= 15 is 0 Å². The van der Waals surface area contributed by atoms with Crippen LogP contribution in [-0.2, 0) is 95.4 Å². The van der Waals surface area contributed by atoms with Gasteiger partial charge >= 0.3 is 0 Å². The Bertz CT molecular complexity index is 1170. The molecule has 0 radical (unpaired) electrons. The Morgan fingerprint density at radius 2 is 0.325 bits per heavy atom. The molecule has 0 spiro atoms. The maximum atomic E-state index is 10.6. The highest BCUT2D eigenvalue weighted by molar-refractivity contribution is 7.85. The topological polar surface area (TPSA) is 221 Å². The van der Waals surface area contributed by atoms with Gasteiger partial charge in [-0.3, -0.25) is 4.55 Å². The Kier molecular flexibility index (Phi) is 68.7. The van der Waals surface area contributed by atoms with Gasteiger partial charge in [-0.2, -0.15) is 8.42 Å². The lowest BCUT2D eigenvalue weighted by atomic mass is 10.0. The maximum absolute atomic E-state index is 10.6. The largest absolute Gasteiger partial charge is 0.379 e. The molecule has 0 amide bonds. The second-order valence-corrected chi connectivity index (χ2v) is 19.5. The zero-order valence-electron chi connectivity index (χ0n) is 48.2. The summed E-state index contributed by atoms with van der Waals surface area (Å²) in [5.41, 5.74) is 0. The molecule has 0 aliphatic rings. The summed E-state index contributed by atoms with van der Waals surface area (Å²) in [6.45, 7) is 20.0. The predicted molar refractivity (Wildman–Crippen MR) is 295 cm³/mol. The van der Waals surface area contributed by atoms with Gasteiger partial charge in [0.15, 0.2) is 0 Å². The average molecular weight is 1140 g/mol. The summed E-state index contributed by atoms with van der Waals surface area (Å²) in [4.78, 5) is 0. The van der Waals surface area contributed by atoms with Crippen molar-refractivity contribution >= 4 is 10.1 Å². The van der Waals surface area contributed by atoms with E-state index in [9.17, 15) is 8.42 Å². The molecule has 0 aromatic carbocycles. The van der Waals surface area contributed by atoms with Crippen molar-refractivity contribution in [1.82, 2.24) is 0 Å². The minimum Gasteiger partial charge on any atom is -0.379 e. The average Bonchev–Trinajstić information content (AvgIpc) is 3.42. The van der Waals surface area contributed by atoms with Crippen LogP contribution in [0.1, 0.15) is 116 Å². The van der Waals surface area contributed by atoms with Crippen LogP contribution in [0.4, 0.5) is 0 Å². The molecule has 0 saturated heterocycles. The summed E-state index contributed by atoms with van der Waals surface area (Å²) < 4.78 is 129. The van der Waals surface area contributed by atoms with Gasteiger partial charge in [0.1, 0.15) is 0 Å². The summed E-state index contributed by atoms with van der Waals surface area (Å²) in [6, 6.07) is 0. The smallest absolute Gasteiger partial charge is 0.264 e. The fourth-order valence-electron chi connectivity index (χ4n) is 6.94. The molecule has 0 aromatic rings. The third kappa shape index (κ3) is 75.2. The molecule has 0 aliphatic heterocycles. The fraction of sp³-hybridized carbons (Fsp3) is 1.00. The Balaban J connectivity index is 3.08. The SMILES string of the molecule is CCCCCCCCCCCCCCCCCCOCCOCCOCCOCCOCCOCCOCCOCCOCCOCCOCCOCCOCCOCCOCCOCCOCCOCCCS(=O)(=O)O. The molecular formula is C55H112O21S. The van der Waals surface area contributed by atoms with Crippen LogP contribution in [-0.4, -0.2) is 257 Å². The first-order valence-corrected chi connectivity index (χ1v) is 31.0. The third-order valence-electron chi connectivity index (χ3n) is 11.2. The molecule has 0 fully saturated rings. The van der Waals surface area contributed by atoms with E-state index in [2.05, 4.69) is 6.92 Å². The summed E-state index contributed by atoms with van der Waals surface area (Å²) in [7, 11) is -3.93. The van der Waals surface area contributed by atoms with Gasteiger partial charge in [-0.15, -0.1) is 0 Å². The zero-order valence-corrected chi connectivity index (χ0v) is 49.0. The van der Waals surface area contributed by atoms with Crippen molar-refractivity contribution in [3.63, 3.8) is 0 Å². The molecule has 0 rings (SSSR count). The molecule has 0 bridgehead atoms. The molecular weight excluding hydrogens is 1030 g/mol. The molecule has 0 saturated carbocycles. The van der Waals surface area contributed by atoms with Crippen LogP contribution in [0.2, 0.25) is 0 Å². The molecule has 1 N–H and O–H groups in total. The summed E-state index contributed by atoms with van der Waals surface area (Å²) >= 11 is 0. The van der Waals surface area contributed by atoms with E-state index < -0.39 is 10.1 Å². The normalized spacial score (nSPS) is 12.0. The number of hydrogen-bond acceptors (Lipinski definition) is 20. The highest BCUT2D eigenvalue weighted by Crippen LogP contribution is 2.14. The fourth-order valence-corrected chi connectivity index (χ4v) is 7.42. The molecule has 0 aliphatic carbocycles. The Labute approximate surface area is 466 Å². The quantitative estimate of drug-likeness (QED) is 0.0487. The van der Waals surface area contributed by atoms with Gasteiger partial charge in [-0.05, 0) is 12.8 Å². The minimum absolute atomic E-state index is 0.242. The van der Waals surface area contributed by atoms with Gasteiger partial charge in [0, 0.05) is 13.2 Å². The number of unbranched alkanes of at least 4 members (excludes halogenated alkanes) is 15. The van der Waals surface area contributed by atoms with Crippen molar-refractivity contribution in [2.24, 2.45) is 0 Å². The first-order chi connectivity index (χ1) is 38.1. The third-order valence-corrected chi connectivity index (χ3v) is 12.0. The molecule has 0 unspecified atom stereocenters. The van der Waals surface area contributed by atoms with E-state index in [1.54, 1.807) is 0 Å². The van der Waals surface area contributed by atoms with Crippen LogP contribution in [0.25, 0.3) is 0 Å². The van der Waals surface area contributed by atoms with Crippen molar-refractivity contribution < 1.29 is 98.2 Å². The van der Waals surface area contributed by atoms with Crippen LogP contribution < -0.4 is 0 Å². The summed E-state index contributed by atoms with van der Waals surface area (Å²) in [5, 5.41) is 0. The molecule has 22 heteroatoms. The molecule has 0 aromatic heterocycles. The van der Waals surface area contributed by atoms with Gasteiger partial charge < -0.3 is 85.3 Å². The van der Waals surface area contributed by atoms with Crippen molar-refractivity contribution in [3.8, 4) is 0 Å². The second-order valence-electron chi connectivity index (χ2n) is 18.0. The van der Waals surface area contributed by atoms with Gasteiger partial charge in [0.25, 0.3) is 10.1 Å². The van der Waals surface area contributed by atoms with Crippen molar-refractivity contribution in [2.75, 3.05) is 244 Å². The van der Waals surface area contributed by atoms with Crippen LogP contribution in [0.3, 0.4) is 0 Å². The molecule has 0 heterocycles. The standard InChI is InChI=1S/C55H112O21S/c1-2-3-4-5-6-7-8-9-10-11-12-13-14-15-16-17-19-59-21-23-61-25-27-63-29-31-65-33-35-67-37-39-69-41-43-71-45-47-73-49-51-75-53-54-76-52-50-74-48-46-72-44-42-70-40-38-68-36-34-66-32-30-64-28-26-62-24-22-60-20-18-55-77(56,57)58/h2-55H2,1H3,(H,56,57,58). The molecule has 21 nitrogen and oxygen atoms in total. The van der Waals surface area contributed by atoms with Crippen LogP contribution in [0.5, 0.6) is 0 Å². The minimum atomic E-state index is -3.93. The number of rotatable bonds is 72. The van der Waals surface area contributed by atoms with Crippen molar-refractivity contribution in [3.05, 3.63) is 0 Å². The van der Waals surface area contributed by atoms with E-state index in [-0.39, 0.29) is 18.8 Å². The Morgan fingerprint density at radius 3 is 0.481 bits per heavy atom. The lowest BCUT2D eigenvalue weighted by Gasteiger charge is -2.09. The Morgan fingerprint density at radius 1 is 0.195 bits per heavy atom. The highest BCUT2D eigenvalue weighted by Gasteiger charge is 2.04. The van der Waals surface area contributed by atoms with Crippen molar-refractivity contribution in [2.45, 2.75) is 116 Å². The van der Waals surface area contributed by atoms with Gasteiger partial charge in [0.2, 0.25) is 0 Å². The van der Waals surface area contributed by atoms with Crippen LogP contribution in [0, 0.1) is 0 Å². The Hall–Kier alpha value is -0.810. The van der Waals surface area contributed by atoms with Crippen LogP contribution >= 0.6 is 0 Å². The second kappa shape index (κ2) is 69.5. The number of hydrogen-bond donors (Lipinski definition) is 1. The zero-order chi connectivity index (χ0) is 55.4. The molecule has 464 valence electrons. The van der Waals surface area contributed by atoms with Crippen LogP contribution in [0.15, 0.2) is 0 Å². The van der Waals surface area contributed by atoms with E-state index in [0.29, 0.717) is 225 Å². The molecule has 0 atom stereocenters. The maximum Gasteiger partial charge on any atom is 0.264 e. The first-order valence-electron chi connectivity index (χ1n) is 29.4. The lowest BCUT2D eigenvalue weighted by Crippen LogP contribution is -2.16. The van der Waals surface area contributed by atoms with E-state index in [0.717, 1.165) is 13.0 Å². The van der Waals surface area contributed by atoms with Gasteiger partial charge in [-0.25, -0.2) is 0 Å². The molecule has 77 heavy (non-hydrogen) atoms. The highest BCUT2D eigenvalue weighted by atomic mass is 32.2. The monoisotopic (exact) mass is 1140 g/mol. The number of ether oxygens (including phenoxy) is 18. The first kappa shape index (κ1) is 76.2. The summed E-state index contributed by atoms with van der Waals surface area (Å²) in [5.74, 6) is -0.308. The van der Waals surface area contributed by atoms with Gasteiger partial charge in [-0.1, -0.05) is 103 Å². The van der Waals surface area contributed by atoms with E-state index in [4.69, 9.17) is 89.8 Å². The lowest BCUT2D eigenvalue weighted by molar-refractivity contribution is -0.0310. The summed E-state index contributed by atoms with van der Waals surface area (Å²) in [6.07, 6.45) is 22.3.